The monoisotopic (exact) mass is 361 g/mol. The summed E-state index contributed by atoms with van der Waals surface area (Å²) in [4.78, 5) is 16.3. The van der Waals surface area contributed by atoms with Gasteiger partial charge in [0.25, 0.3) is 5.92 Å². The molecule has 148 valence electrons. The molecule has 4 nitrogen and oxygen atoms in total. The molecule has 0 aliphatic carbocycles. The van der Waals surface area contributed by atoms with Crippen molar-refractivity contribution < 1.29 is 13.6 Å². The third-order valence-electron chi connectivity index (χ3n) is 4.48. The minimum Gasteiger partial charge on any atom is -0.343 e. The molecule has 2 fully saturated rings. The minimum atomic E-state index is -2.60. The van der Waals surface area contributed by atoms with Gasteiger partial charge in [0.2, 0.25) is 6.41 Å². The van der Waals surface area contributed by atoms with Crippen LogP contribution in [0.15, 0.2) is 0 Å². The van der Waals surface area contributed by atoms with Gasteiger partial charge in [-0.1, -0.05) is 34.6 Å². The van der Waals surface area contributed by atoms with E-state index in [1.54, 1.807) is 4.90 Å². The van der Waals surface area contributed by atoms with E-state index in [1.807, 2.05) is 4.90 Å². The topological polar surface area (TPSA) is 26.8 Å². The van der Waals surface area contributed by atoms with Gasteiger partial charge in [0.1, 0.15) is 0 Å². The standard InChI is InChI=1S/C15H27F2N3O.C4H10/c1-13(2)9-20-4-3-14(15(16,17)11-20)10-18-5-7-19(12-21)8-6-18;1-4(2)3/h12-14H,3-11H2,1-2H3;4H,1-3H3. The summed E-state index contributed by atoms with van der Waals surface area (Å²) >= 11 is 0. The van der Waals surface area contributed by atoms with Crippen molar-refractivity contribution >= 4 is 6.41 Å². The molecule has 0 aromatic rings. The summed E-state index contributed by atoms with van der Waals surface area (Å²) in [5.74, 6) is -1.90. The fourth-order valence-electron chi connectivity index (χ4n) is 3.32. The SMILES string of the molecule is CC(C)C.CC(C)CN1CCC(CN2CCN(C=O)CC2)C(F)(F)C1. The number of piperazine rings is 1. The highest BCUT2D eigenvalue weighted by molar-refractivity contribution is 5.47. The maximum absolute atomic E-state index is 14.3. The number of carbonyl (C=O) groups is 1. The first kappa shape index (κ1) is 22.3. The molecule has 0 N–H and O–H groups in total. The van der Waals surface area contributed by atoms with E-state index in [-0.39, 0.29) is 6.54 Å². The molecule has 1 atom stereocenters. The second kappa shape index (κ2) is 10.4. The lowest BCUT2D eigenvalue weighted by Gasteiger charge is -2.42. The van der Waals surface area contributed by atoms with Crippen molar-refractivity contribution in [1.29, 1.82) is 0 Å². The van der Waals surface area contributed by atoms with E-state index in [2.05, 4.69) is 39.5 Å². The molecule has 25 heavy (non-hydrogen) atoms. The van der Waals surface area contributed by atoms with Crippen LogP contribution in [0.2, 0.25) is 0 Å². The third-order valence-corrected chi connectivity index (χ3v) is 4.48. The highest BCUT2D eigenvalue weighted by atomic mass is 19.3. The summed E-state index contributed by atoms with van der Waals surface area (Å²) in [5.41, 5.74) is 0. The number of hydrogen-bond acceptors (Lipinski definition) is 3. The molecule has 0 spiro atoms. The van der Waals surface area contributed by atoms with Crippen LogP contribution in [0.4, 0.5) is 8.78 Å². The molecule has 6 heteroatoms. The van der Waals surface area contributed by atoms with Gasteiger partial charge in [0.05, 0.1) is 6.54 Å². The molecular formula is C19H37F2N3O. The van der Waals surface area contributed by atoms with Crippen molar-refractivity contribution in [1.82, 2.24) is 14.7 Å². The Morgan fingerprint density at radius 1 is 1.00 bits per heavy atom. The average Bonchev–Trinajstić information content (AvgIpc) is 2.49. The maximum Gasteiger partial charge on any atom is 0.264 e. The predicted octanol–water partition coefficient (Wildman–Crippen LogP) is 3.04. The quantitative estimate of drug-likeness (QED) is 0.704. The first-order valence-electron chi connectivity index (χ1n) is 9.66. The lowest BCUT2D eigenvalue weighted by Crippen LogP contribution is -2.54. The Morgan fingerprint density at radius 3 is 2.00 bits per heavy atom. The zero-order valence-corrected chi connectivity index (χ0v) is 16.7. The van der Waals surface area contributed by atoms with E-state index in [4.69, 9.17) is 0 Å². The Hall–Kier alpha value is -0.750. The van der Waals surface area contributed by atoms with Crippen LogP contribution < -0.4 is 0 Å². The molecule has 0 saturated carbocycles. The van der Waals surface area contributed by atoms with Gasteiger partial charge in [-0.2, -0.15) is 0 Å². The van der Waals surface area contributed by atoms with Crippen LogP contribution in [0.5, 0.6) is 0 Å². The molecular weight excluding hydrogens is 324 g/mol. The molecule has 1 unspecified atom stereocenters. The first-order valence-corrected chi connectivity index (χ1v) is 9.66. The molecule has 0 radical (unpaired) electrons. The molecule has 1 amide bonds. The van der Waals surface area contributed by atoms with Crippen LogP contribution in [-0.4, -0.2) is 79.4 Å². The van der Waals surface area contributed by atoms with Gasteiger partial charge >= 0.3 is 0 Å². The Kier molecular flexibility index (Phi) is 9.28. The second-order valence-electron chi connectivity index (χ2n) is 8.55. The number of piperidine rings is 1. The van der Waals surface area contributed by atoms with Crippen molar-refractivity contribution in [3.8, 4) is 0 Å². The largest absolute Gasteiger partial charge is 0.343 e. The van der Waals surface area contributed by atoms with Crippen molar-refractivity contribution in [2.24, 2.45) is 17.8 Å². The number of carbonyl (C=O) groups excluding carboxylic acids is 1. The van der Waals surface area contributed by atoms with E-state index < -0.39 is 11.8 Å². The first-order chi connectivity index (χ1) is 11.6. The summed E-state index contributed by atoms with van der Waals surface area (Å²) in [5, 5.41) is 0. The van der Waals surface area contributed by atoms with E-state index in [0.29, 0.717) is 45.1 Å². The molecule has 0 aromatic heterocycles. The third kappa shape index (κ3) is 8.45. The fraction of sp³-hybridized carbons (Fsp3) is 0.947. The Bertz CT molecular complexity index is 380. The lowest BCUT2D eigenvalue weighted by molar-refractivity contribution is -0.126. The number of alkyl halides is 2. The highest BCUT2D eigenvalue weighted by Gasteiger charge is 2.45. The number of likely N-dealkylation sites (tertiary alicyclic amines) is 1. The number of nitrogens with zero attached hydrogens (tertiary/aromatic N) is 3. The number of hydrogen-bond donors (Lipinski definition) is 0. The summed E-state index contributed by atoms with van der Waals surface area (Å²) in [6.07, 6.45) is 1.41. The highest BCUT2D eigenvalue weighted by Crippen LogP contribution is 2.34. The Balaban J connectivity index is 0.000000705. The molecule has 0 aromatic carbocycles. The summed E-state index contributed by atoms with van der Waals surface area (Å²) in [6, 6.07) is 0. The van der Waals surface area contributed by atoms with E-state index in [9.17, 15) is 13.6 Å². The average molecular weight is 362 g/mol. The zero-order valence-electron chi connectivity index (χ0n) is 16.7. The van der Waals surface area contributed by atoms with Gasteiger partial charge in [-0.3, -0.25) is 14.6 Å². The van der Waals surface area contributed by atoms with Crippen molar-refractivity contribution in [3.63, 3.8) is 0 Å². The van der Waals surface area contributed by atoms with E-state index in [1.165, 1.54) is 0 Å². The molecule has 2 heterocycles. The normalized spacial score (nSPS) is 25.0. The van der Waals surface area contributed by atoms with Crippen LogP contribution in [0, 0.1) is 17.8 Å². The maximum atomic E-state index is 14.3. The van der Waals surface area contributed by atoms with Gasteiger partial charge < -0.3 is 4.90 Å². The minimum absolute atomic E-state index is 0.107. The Morgan fingerprint density at radius 2 is 1.56 bits per heavy atom. The summed E-state index contributed by atoms with van der Waals surface area (Å²) in [6.45, 7) is 15.2. The molecule has 2 aliphatic rings. The van der Waals surface area contributed by atoms with Gasteiger partial charge in [0.15, 0.2) is 0 Å². The van der Waals surface area contributed by atoms with Crippen LogP contribution in [0.1, 0.15) is 41.0 Å². The van der Waals surface area contributed by atoms with Gasteiger partial charge in [-0.15, -0.1) is 0 Å². The number of halogens is 2. The second-order valence-corrected chi connectivity index (χ2v) is 8.55. The molecule has 2 aliphatic heterocycles. The van der Waals surface area contributed by atoms with Crippen molar-refractivity contribution in [2.75, 3.05) is 52.4 Å². The molecule has 2 saturated heterocycles. The smallest absolute Gasteiger partial charge is 0.264 e. The zero-order chi connectivity index (χ0) is 19.0. The molecule has 2 rings (SSSR count). The van der Waals surface area contributed by atoms with Crippen molar-refractivity contribution in [3.05, 3.63) is 0 Å². The van der Waals surface area contributed by atoms with Crippen LogP contribution in [0.3, 0.4) is 0 Å². The number of amides is 1. The predicted molar refractivity (Wildman–Crippen MR) is 98.9 cm³/mol. The van der Waals surface area contributed by atoms with Gasteiger partial charge in [-0.25, -0.2) is 8.78 Å². The number of rotatable bonds is 5. The van der Waals surface area contributed by atoms with Gasteiger partial charge in [-0.05, 0) is 24.8 Å². The summed E-state index contributed by atoms with van der Waals surface area (Å²) < 4.78 is 28.7. The summed E-state index contributed by atoms with van der Waals surface area (Å²) in [7, 11) is 0. The van der Waals surface area contributed by atoms with Crippen molar-refractivity contribution in [2.45, 2.75) is 47.0 Å². The van der Waals surface area contributed by atoms with Crippen LogP contribution in [0.25, 0.3) is 0 Å². The lowest BCUT2D eigenvalue weighted by atomic mass is 9.91. The van der Waals surface area contributed by atoms with Gasteiger partial charge in [0, 0.05) is 45.2 Å². The van der Waals surface area contributed by atoms with Crippen LogP contribution in [-0.2, 0) is 4.79 Å². The van der Waals surface area contributed by atoms with E-state index in [0.717, 1.165) is 25.4 Å². The van der Waals surface area contributed by atoms with E-state index >= 15 is 0 Å². The van der Waals surface area contributed by atoms with Crippen LogP contribution >= 0.6 is 0 Å². The molecule has 0 bridgehead atoms. The Labute approximate surface area is 152 Å². The fourth-order valence-corrected chi connectivity index (χ4v) is 3.32.